The van der Waals surface area contributed by atoms with Crippen LogP contribution < -0.4 is 14.8 Å². The monoisotopic (exact) mass is 277 g/mol. The summed E-state index contributed by atoms with van der Waals surface area (Å²) >= 11 is 0. The number of unbranched alkanes of at least 4 members (excludes halogenated alkanes) is 2. The van der Waals surface area contributed by atoms with Crippen molar-refractivity contribution in [2.75, 3.05) is 13.7 Å². The lowest BCUT2D eigenvalue weighted by atomic mass is 9.89. The topological polar surface area (TPSA) is 30.5 Å². The molecule has 0 spiro atoms. The Labute approximate surface area is 122 Å². The third-order valence-corrected chi connectivity index (χ3v) is 3.85. The van der Waals surface area contributed by atoms with Crippen molar-refractivity contribution in [1.82, 2.24) is 5.32 Å². The molecule has 1 aliphatic heterocycles. The zero-order chi connectivity index (χ0) is 14.6. The van der Waals surface area contributed by atoms with E-state index in [1.807, 2.05) is 12.1 Å². The van der Waals surface area contributed by atoms with Crippen LogP contribution in [0, 0.1) is 0 Å². The highest BCUT2D eigenvalue weighted by atomic mass is 16.5. The van der Waals surface area contributed by atoms with Crippen LogP contribution in [0.3, 0.4) is 0 Å². The fourth-order valence-corrected chi connectivity index (χ4v) is 2.79. The third kappa shape index (κ3) is 3.66. The molecule has 0 fully saturated rings. The predicted molar refractivity (Wildman–Crippen MR) is 82.6 cm³/mol. The van der Waals surface area contributed by atoms with Gasteiger partial charge in [-0.2, -0.15) is 0 Å². The highest BCUT2D eigenvalue weighted by molar-refractivity contribution is 5.44. The molecule has 0 saturated heterocycles. The molecule has 1 heterocycles. The second-order valence-electron chi connectivity index (χ2n) is 6.18. The van der Waals surface area contributed by atoms with Crippen LogP contribution in [0.4, 0.5) is 0 Å². The van der Waals surface area contributed by atoms with Gasteiger partial charge >= 0.3 is 0 Å². The summed E-state index contributed by atoms with van der Waals surface area (Å²) in [6.45, 7) is 7.60. The van der Waals surface area contributed by atoms with Gasteiger partial charge in [0.25, 0.3) is 0 Å². The summed E-state index contributed by atoms with van der Waals surface area (Å²) in [5.41, 5.74) is 1.10. The third-order valence-electron chi connectivity index (χ3n) is 3.85. The van der Waals surface area contributed by atoms with Crippen molar-refractivity contribution in [1.29, 1.82) is 0 Å². The molecule has 1 aliphatic rings. The van der Waals surface area contributed by atoms with Crippen molar-refractivity contribution >= 4 is 0 Å². The van der Waals surface area contributed by atoms with E-state index in [1.165, 1.54) is 24.8 Å². The molecule has 0 aliphatic carbocycles. The molecule has 20 heavy (non-hydrogen) atoms. The normalized spacial score (nSPS) is 20.1. The lowest BCUT2D eigenvalue weighted by Crippen LogP contribution is -2.39. The van der Waals surface area contributed by atoms with Crippen LogP contribution >= 0.6 is 0 Å². The number of hydrogen-bond donors (Lipinski definition) is 1. The van der Waals surface area contributed by atoms with Gasteiger partial charge in [-0.1, -0.05) is 19.8 Å². The average molecular weight is 277 g/mol. The average Bonchev–Trinajstić information content (AvgIpc) is 2.42. The van der Waals surface area contributed by atoms with Gasteiger partial charge in [0.15, 0.2) is 0 Å². The van der Waals surface area contributed by atoms with Crippen molar-refractivity contribution < 1.29 is 9.47 Å². The number of fused-ring (bicyclic) bond motifs is 1. The molecule has 0 aromatic heterocycles. The summed E-state index contributed by atoms with van der Waals surface area (Å²) in [6.07, 6.45) is 4.75. The zero-order valence-electron chi connectivity index (χ0n) is 13.2. The molecule has 1 unspecified atom stereocenters. The van der Waals surface area contributed by atoms with E-state index in [2.05, 4.69) is 32.2 Å². The molecule has 3 heteroatoms. The highest BCUT2D eigenvalue weighted by Crippen LogP contribution is 2.41. The van der Waals surface area contributed by atoms with Crippen molar-refractivity contribution in [2.24, 2.45) is 0 Å². The number of nitrogens with one attached hydrogen (secondary N) is 1. The Morgan fingerprint density at radius 1 is 1.35 bits per heavy atom. The minimum Gasteiger partial charge on any atom is -0.497 e. The van der Waals surface area contributed by atoms with E-state index in [-0.39, 0.29) is 5.60 Å². The molecule has 1 atom stereocenters. The molecule has 3 nitrogen and oxygen atoms in total. The van der Waals surface area contributed by atoms with Crippen LogP contribution in [0.1, 0.15) is 58.1 Å². The summed E-state index contributed by atoms with van der Waals surface area (Å²) < 4.78 is 11.4. The van der Waals surface area contributed by atoms with Gasteiger partial charge in [0, 0.05) is 18.0 Å². The first-order valence-corrected chi connectivity index (χ1v) is 7.66. The minimum atomic E-state index is -0.121. The van der Waals surface area contributed by atoms with Crippen LogP contribution in [0.5, 0.6) is 11.5 Å². The van der Waals surface area contributed by atoms with E-state index in [0.717, 1.165) is 24.5 Å². The first-order chi connectivity index (χ1) is 9.55. The number of rotatable bonds is 6. The number of hydrogen-bond acceptors (Lipinski definition) is 3. The van der Waals surface area contributed by atoms with Crippen LogP contribution in [0.2, 0.25) is 0 Å². The van der Waals surface area contributed by atoms with Crippen LogP contribution in [0.15, 0.2) is 18.2 Å². The molecule has 1 N–H and O–H groups in total. The van der Waals surface area contributed by atoms with Crippen LogP contribution in [-0.2, 0) is 0 Å². The molecule has 0 saturated carbocycles. The van der Waals surface area contributed by atoms with Crippen LogP contribution in [-0.4, -0.2) is 19.3 Å². The first-order valence-electron chi connectivity index (χ1n) is 7.66. The summed E-state index contributed by atoms with van der Waals surface area (Å²) in [5, 5.41) is 3.68. The standard InChI is InChI=1S/C17H27NO2/c1-5-6-7-10-18-15-12-17(2,3)20-16-9-8-13(19-4)11-14(15)16/h8-9,11,15,18H,5-7,10,12H2,1-4H3. The maximum atomic E-state index is 6.08. The fraction of sp³-hybridized carbons (Fsp3) is 0.647. The van der Waals surface area contributed by atoms with Gasteiger partial charge < -0.3 is 14.8 Å². The Hall–Kier alpha value is -1.22. The Balaban J connectivity index is 2.14. The second-order valence-corrected chi connectivity index (χ2v) is 6.18. The molecular weight excluding hydrogens is 250 g/mol. The molecule has 1 aromatic rings. The molecule has 1 aromatic carbocycles. The van der Waals surface area contributed by atoms with Gasteiger partial charge in [-0.05, 0) is 45.0 Å². The van der Waals surface area contributed by atoms with E-state index in [1.54, 1.807) is 7.11 Å². The highest BCUT2D eigenvalue weighted by Gasteiger charge is 2.33. The van der Waals surface area contributed by atoms with E-state index in [4.69, 9.17) is 9.47 Å². The number of methoxy groups -OCH3 is 1. The molecule has 0 radical (unpaired) electrons. The first kappa shape index (κ1) is 15.2. The van der Waals surface area contributed by atoms with E-state index >= 15 is 0 Å². The van der Waals surface area contributed by atoms with Gasteiger partial charge in [-0.15, -0.1) is 0 Å². The smallest absolute Gasteiger partial charge is 0.125 e. The fourth-order valence-electron chi connectivity index (χ4n) is 2.79. The Morgan fingerprint density at radius 2 is 2.15 bits per heavy atom. The summed E-state index contributed by atoms with van der Waals surface area (Å²) in [6, 6.07) is 6.44. The minimum absolute atomic E-state index is 0.121. The largest absolute Gasteiger partial charge is 0.497 e. The van der Waals surface area contributed by atoms with E-state index in [0.29, 0.717) is 6.04 Å². The van der Waals surface area contributed by atoms with E-state index in [9.17, 15) is 0 Å². The van der Waals surface area contributed by atoms with Gasteiger partial charge in [0.1, 0.15) is 17.1 Å². The van der Waals surface area contributed by atoms with Crippen molar-refractivity contribution in [3.8, 4) is 11.5 Å². The molecule has 112 valence electrons. The SMILES string of the molecule is CCCCCNC1CC(C)(C)Oc2ccc(OC)cc21. The lowest BCUT2D eigenvalue weighted by Gasteiger charge is -2.38. The lowest BCUT2D eigenvalue weighted by molar-refractivity contribution is 0.0658. The van der Waals surface area contributed by atoms with E-state index < -0.39 is 0 Å². The summed E-state index contributed by atoms with van der Waals surface area (Å²) in [7, 11) is 1.71. The Kier molecular flexibility index (Phi) is 4.92. The number of ether oxygens (including phenoxy) is 2. The van der Waals surface area contributed by atoms with Gasteiger partial charge in [-0.3, -0.25) is 0 Å². The zero-order valence-corrected chi connectivity index (χ0v) is 13.2. The van der Waals surface area contributed by atoms with Gasteiger partial charge in [0.2, 0.25) is 0 Å². The van der Waals surface area contributed by atoms with Crippen molar-refractivity contribution in [3.63, 3.8) is 0 Å². The maximum Gasteiger partial charge on any atom is 0.125 e. The molecule has 2 rings (SSSR count). The van der Waals surface area contributed by atoms with Crippen molar-refractivity contribution in [3.05, 3.63) is 23.8 Å². The van der Waals surface area contributed by atoms with Crippen molar-refractivity contribution in [2.45, 2.75) is 58.1 Å². The molecular formula is C17H27NO2. The van der Waals surface area contributed by atoms with Gasteiger partial charge in [0.05, 0.1) is 7.11 Å². The quantitative estimate of drug-likeness (QED) is 0.795. The second kappa shape index (κ2) is 6.49. The predicted octanol–water partition coefficient (Wildman–Crippen LogP) is 4.08. The van der Waals surface area contributed by atoms with Gasteiger partial charge in [-0.25, -0.2) is 0 Å². The summed E-state index contributed by atoms with van der Waals surface area (Å²) in [4.78, 5) is 0. The Bertz CT molecular complexity index is 443. The molecule has 0 amide bonds. The molecule has 0 bridgehead atoms. The Morgan fingerprint density at radius 3 is 2.85 bits per heavy atom. The number of benzene rings is 1. The van der Waals surface area contributed by atoms with Crippen LogP contribution in [0.25, 0.3) is 0 Å². The maximum absolute atomic E-state index is 6.08. The summed E-state index contributed by atoms with van der Waals surface area (Å²) in [5.74, 6) is 1.88.